The summed E-state index contributed by atoms with van der Waals surface area (Å²) in [7, 11) is -3.53. The summed E-state index contributed by atoms with van der Waals surface area (Å²) >= 11 is 3.39. The number of benzene rings is 2. The van der Waals surface area contributed by atoms with Gasteiger partial charge in [0.25, 0.3) is 5.91 Å². The summed E-state index contributed by atoms with van der Waals surface area (Å²) in [6.45, 7) is 6.65. The van der Waals surface area contributed by atoms with Gasteiger partial charge in [-0.3, -0.25) is 4.79 Å². The molecule has 8 heteroatoms. The molecular formula is C21H27BrN2O4S. The lowest BCUT2D eigenvalue weighted by Gasteiger charge is -2.21. The van der Waals surface area contributed by atoms with Crippen molar-refractivity contribution in [3.05, 3.63) is 52.5 Å². The van der Waals surface area contributed by atoms with Gasteiger partial charge in [-0.05, 0) is 67.8 Å². The molecule has 1 amide bonds. The average Bonchev–Trinajstić information content (AvgIpc) is 2.67. The van der Waals surface area contributed by atoms with Crippen LogP contribution in [0, 0.1) is 6.92 Å². The molecule has 0 heterocycles. The van der Waals surface area contributed by atoms with E-state index in [0.717, 1.165) is 22.9 Å². The molecule has 0 saturated heterocycles. The van der Waals surface area contributed by atoms with Gasteiger partial charge in [0.2, 0.25) is 10.0 Å². The van der Waals surface area contributed by atoms with E-state index in [1.807, 2.05) is 32.9 Å². The van der Waals surface area contributed by atoms with E-state index in [-0.39, 0.29) is 17.4 Å². The number of nitrogens with one attached hydrogen (secondary N) is 1. The molecule has 0 radical (unpaired) electrons. The second kappa shape index (κ2) is 10.8. The average molecular weight is 483 g/mol. The van der Waals surface area contributed by atoms with E-state index < -0.39 is 10.0 Å². The predicted octanol–water partition coefficient (Wildman–Crippen LogP) is 4.59. The number of carbonyl (C=O) groups is 1. The van der Waals surface area contributed by atoms with Crippen LogP contribution in [0.2, 0.25) is 0 Å². The molecule has 0 fully saturated rings. The van der Waals surface area contributed by atoms with Gasteiger partial charge in [-0.1, -0.05) is 29.8 Å². The largest absolute Gasteiger partial charge is 0.483 e. The second-order valence-electron chi connectivity index (χ2n) is 6.68. The number of sulfonamides is 1. The van der Waals surface area contributed by atoms with Crippen molar-refractivity contribution in [1.82, 2.24) is 4.31 Å². The lowest BCUT2D eigenvalue weighted by Crippen LogP contribution is -2.32. The van der Waals surface area contributed by atoms with Crippen LogP contribution in [0.3, 0.4) is 0 Å². The number of ether oxygens (including phenoxy) is 1. The number of rotatable bonds is 10. The van der Waals surface area contributed by atoms with Crippen LogP contribution in [0.4, 0.5) is 5.69 Å². The lowest BCUT2D eigenvalue weighted by atomic mass is 10.2. The third-order valence-corrected chi connectivity index (χ3v) is 6.62. The molecule has 0 atom stereocenters. The van der Waals surface area contributed by atoms with Gasteiger partial charge >= 0.3 is 0 Å². The van der Waals surface area contributed by atoms with Crippen molar-refractivity contribution in [1.29, 1.82) is 0 Å². The molecule has 0 aliphatic rings. The molecule has 0 aliphatic carbocycles. The van der Waals surface area contributed by atoms with Crippen molar-refractivity contribution in [2.75, 3.05) is 25.0 Å². The Labute approximate surface area is 181 Å². The van der Waals surface area contributed by atoms with Crippen molar-refractivity contribution < 1.29 is 17.9 Å². The number of amides is 1. The van der Waals surface area contributed by atoms with Crippen LogP contribution in [0.5, 0.6) is 5.75 Å². The Kier molecular flexibility index (Phi) is 8.67. The van der Waals surface area contributed by atoms with E-state index in [2.05, 4.69) is 21.2 Å². The van der Waals surface area contributed by atoms with Crippen LogP contribution in [0.15, 0.2) is 51.8 Å². The molecule has 2 aromatic rings. The predicted molar refractivity (Wildman–Crippen MR) is 119 cm³/mol. The quantitative estimate of drug-likeness (QED) is 0.537. The van der Waals surface area contributed by atoms with Gasteiger partial charge in [0.1, 0.15) is 5.75 Å². The molecule has 0 unspecified atom stereocenters. The molecular weight excluding hydrogens is 456 g/mol. The standard InChI is InChI=1S/C21H27BrN2O4S/c1-4-12-24(13-5-2)29(26,27)19-9-7-18(8-10-19)23-21(25)15-28-20-11-6-17(22)14-16(20)3/h6-11,14H,4-5,12-13,15H2,1-3H3,(H,23,25). The Morgan fingerprint density at radius 3 is 2.24 bits per heavy atom. The second-order valence-corrected chi connectivity index (χ2v) is 9.53. The molecule has 0 bridgehead atoms. The topological polar surface area (TPSA) is 75.7 Å². The highest BCUT2D eigenvalue weighted by atomic mass is 79.9. The van der Waals surface area contributed by atoms with Gasteiger partial charge in [0, 0.05) is 23.2 Å². The Bertz CT molecular complexity index is 924. The van der Waals surface area contributed by atoms with Crippen LogP contribution >= 0.6 is 15.9 Å². The first-order valence-corrected chi connectivity index (χ1v) is 11.8. The molecule has 0 aliphatic heterocycles. The summed E-state index contributed by atoms with van der Waals surface area (Å²) in [5.41, 5.74) is 1.44. The van der Waals surface area contributed by atoms with E-state index in [4.69, 9.17) is 4.74 Å². The molecule has 158 valence electrons. The Hall–Kier alpha value is -1.90. The zero-order chi connectivity index (χ0) is 21.4. The fourth-order valence-electron chi connectivity index (χ4n) is 2.83. The number of anilines is 1. The van der Waals surface area contributed by atoms with Gasteiger partial charge < -0.3 is 10.1 Å². The van der Waals surface area contributed by atoms with Crippen molar-refractivity contribution in [3.8, 4) is 5.75 Å². The third kappa shape index (κ3) is 6.55. The number of hydrogen-bond acceptors (Lipinski definition) is 4. The van der Waals surface area contributed by atoms with Crippen LogP contribution in [0.1, 0.15) is 32.3 Å². The summed E-state index contributed by atoms with van der Waals surface area (Å²) in [5, 5.41) is 2.72. The highest BCUT2D eigenvalue weighted by Gasteiger charge is 2.22. The summed E-state index contributed by atoms with van der Waals surface area (Å²) in [6, 6.07) is 11.8. The van der Waals surface area contributed by atoms with Crippen molar-refractivity contribution >= 4 is 37.5 Å². The third-order valence-electron chi connectivity index (χ3n) is 4.22. The highest BCUT2D eigenvalue weighted by molar-refractivity contribution is 9.10. The van der Waals surface area contributed by atoms with Crippen LogP contribution in [-0.4, -0.2) is 38.3 Å². The minimum absolute atomic E-state index is 0.136. The van der Waals surface area contributed by atoms with Crippen LogP contribution in [0.25, 0.3) is 0 Å². The maximum Gasteiger partial charge on any atom is 0.262 e. The molecule has 1 N–H and O–H groups in total. The fraction of sp³-hybridized carbons (Fsp3) is 0.381. The minimum Gasteiger partial charge on any atom is -0.483 e. The van der Waals surface area contributed by atoms with Crippen molar-refractivity contribution in [2.45, 2.75) is 38.5 Å². The fourth-order valence-corrected chi connectivity index (χ4v) is 4.92. The Balaban J connectivity index is 1.99. The van der Waals surface area contributed by atoms with Crippen molar-refractivity contribution in [3.63, 3.8) is 0 Å². The van der Waals surface area contributed by atoms with Gasteiger partial charge in [0.15, 0.2) is 6.61 Å². The number of hydrogen-bond donors (Lipinski definition) is 1. The van der Waals surface area contributed by atoms with Crippen molar-refractivity contribution in [2.24, 2.45) is 0 Å². The maximum absolute atomic E-state index is 12.8. The number of carbonyl (C=O) groups excluding carboxylic acids is 1. The normalized spacial score (nSPS) is 11.5. The summed E-state index contributed by atoms with van der Waals surface area (Å²) in [4.78, 5) is 12.4. The number of nitrogens with zero attached hydrogens (tertiary/aromatic N) is 1. The zero-order valence-electron chi connectivity index (χ0n) is 16.9. The van der Waals surface area contributed by atoms with Crippen LogP contribution < -0.4 is 10.1 Å². The molecule has 29 heavy (non-hydrogen) atoms. The first-order chi connectivity index (χ1) is 13.8. The van der Waals surface area contributed by atoms with E-state index in [9.17, 15) is 13.2 Å². The smallest absolute Gasteiger partial charge is 0.262 e. The van der Waals surface area contributed by atoms with Gasteiger partial charge in [-0.25, -0.2) is 8.42 Å². The lowest BCUT2D eigenvalue weighted by molar-refractivity contribution is -0.118. The zero-order valence-corrected chi connectivity index (χ0v) is 19.3. The summed E-state index contributed by atoms with van der Waals surface area (Å²) in [6.07, 6.45) is 1.51. The Morgan fingerprint density at radius 2 is 1.69 bits per heavy atom. The molecule has 0 aromatic heterocycles. The van der Waals surface area contributed by atoms with Gasteiger partial charge in [0.05, 0.1) is 4.90 Å². The maximum atomic E-state index is 12.8. The summed E-state index contributed by atoms with van der Waals surface area (Å²) < 4.78 is 33.5. The molecule has 0 spiro atoms. The molecule has 2 rings (SSSR count). The minimum atomic E-state index is -3.53. The van der Waals surface area contributed by atoms with E-state index >= 15 is 0 Å². The molecule has 2 aromatic carbocycles. The highest BCUT2D eigenvalue weighted by Crippen LogP contribution is 2.22. The number of aryl methyl sites for hydroxylation is 1. The SMILES string of the molecule is CCCN(CCC)S(=O)(=O)c1ccc(NC(=O)COc2ccc(Br)cc2C)cc1. The first-order valence-electron chi connectivity index (χ1n) is 9.57. The molecule has 0 saturated carbocycles. The van der Waals surface area contributed by atoms with E-state index in [1.165, 1.54) is 16.4 Å². The Morgan fingerprint density at radius 1 is 1.07 bits per heavy atom. The number of halogens is 1. The van der Waals surface area contributed by atoms with E-state index in [1.54, 1.807) is 18.2 Å². The molecule has 6 nitrogen and oxygen atoms in total. The van der Waals surface area contributed by atoms with Crippen LogP contribution in [-0.2, 0) is 14.8 Å². The van der Waals surface area contributed by atoms with Gasteiger partial charge in [-0.15, -0.1) is 0 Å². The van der Waals surface area contributed by atoms with E-state index in [0.29, 0.717) is 24.5 Å². The first kappa shape index (κ1) is 23.4. The summed E-state index contributed by atoms with van der Waals surface area (Å²) in [5.74, 6) is 0.318. The monoisotopic (exact) mass is 482 g/mol. The van der Waals surface area contributed by atoms with Gasteiger partial charge in [-0.2, -0.15) is 4.31 Å².